The molecule has 0 spiro atoms. The Morgan fingerprint density at radius 3 is 2.45 bits per heavy atom. The van der Waals surface area contributed by atoms with Gasteiger partial charge in [-0.1, -0.05) is 43.3 Å². The van der Waals surface area contributed by atoms with Crippen molar-refractivity contribution in [2.45, 2.75) is 31.7 Å². The molecule has 0 aliphatic rings. The average Bonchev–Trinajstić information content (AvgIpc) is 3.23. The third-order valence-electron chi connectivity index (χ3n) is 4.62. The fraction of sp³-hybridized carbons (Fsp3) is 0.227. The maximum absolute atomic E-state index is 13.1. The van der Waals surface area contributed by atoms with E-state index in [1.54, 1.807) is 30.3 Å². The molecule has 1 heterocycles. The summed E-state index contributed by atoms with van der Waals surface area (Å²) in [6.07, 6.45) is 2.24. The largest absolute Gasteiger partial charge is 0.468 e. The second kappa shape index (κ2) is 9.07. The normalized spacial score (nSPS) is 11.6. The molecule has 0 atom stereocenters. The van der Waals surface area contributed by atoms with Crippen molar-refractivity contribution in [3.63, 3.8) is 0 Å². The Morgan fingerprint density at radius 2 is 1.79 bits per heavy atom. The minimum atomic E-state index is -3.88. The molecule has 0 saturated carbocycles. The number of nitrogens with one attached hydrogen (secondary N) is 1. The number of benzene rings is 2. The van der Waals surface area contributed by atoms with Crippen LogP contribution in [0.2, 0.25) is 0 Å². The van der Waals surface area contributed by atoms with Crippen LogP contribution >= 0.6 is 0 Å². The monoisotopic (exact) mass is 412 g/mol. The van der Waals surface area contributed by atoms with Crippen LogP contribution in [0.25, 0.3) is 0 Å². The second-order valence-electron chi connectivity index (χ2n) is 6.68. The topological polar surface area (TPSA) is 79.6 Å². The summed E-state index contributed by atoms with van der Waals surface area (Å²) in [5, 5.41) is 2.89. The highest BCUT2D eigenvalue weighted by Crippen LogP contribution is 2.22. The van der Waals surface area contributed by atoms with E-state index in [0.29, 0.717) is 5.76 Å². The van der Waals surface area contributed by atoms with Gasteiger partial charge in [-0.2, -0.15) is 4.31 Å². The van der Waals surface area contributed by atoms with Gasteiger partial charge in [-0.3, -0.25) is 4.79 Å². The standard InChI is InChI=1S/C22H24N2O4S/c1-3-18-10-7-9-17(2)22(18)23-21(25)16-24(15-19-11-8-14-28-19)29(26,27)20-12-5-4-6-13-20/h4-14H,3,15-16H2,1-2H3,(H,23,25). The molecule has 1 N–H and O–H groups in total. The minimum Gasteiger partial charge on any atom is -0.468 e. The van der Waals surface area contributed by atoms with Crippen molar-refractivity contribution in [3.8, 4) is 0 Å². The third-order valence-corrected chi connectivity index (χ3v) is 6.42. The van der Waals surface area contributed by atoms with Gasteiger partial charge in [-0.25, -0.2) is 8.42 Å². The number of rotatable bonds is 8. The van der Waals surface area contributed by atoms with Crippen molar-refractivity contribution >= 4 is 21.6 Å². The fourth-order valence-electron chi connectivity index (χ4n) is 3.08. The SMILES string of the molecule is CCc1cccc(C)c1NC(=O)CN(Cc1ccco1)S(=O)(=O)c1ccccc1. The van der Waals surface area contributed by atoms with E-state index in [0.717, 1.165) is 27.5 Å². The molecule has 152 valence electrons. The van der Waals surface area contributed by atoms with Crippen LogP contribution < -0.4 is 5.32 Å². The van der Waals surface area contributed by atoms with Crippen LogP contribution in [0.4, 0.5) is 5.69 Å². The zero-order valence-electron chi connectivity index (χ0n) is 16.5. The van der Waals surface area contributed by atoms with E-state index in [-0.39, 0.29) is 18.0 Å². The zero-order valence-corrected chi connectivity index (χ0v) is 17.3. The van der Waals surface area contributed by atoms with Crippen molar-refractivity contribution in [1.82, 2.24) is 4.31 Å². The first kappa shape index (κ1) is 20.8. The van der Waals surface area contributed by atoms with Crippen LogP contribution in [0.5, 0.6) is 0 Å². The highest BCUT2D eigenvalue weighted by atomic mass is 32.2. The Bertz CT molecular complexity index is 1060. The van der Waals surface area contributed by atoms with Crippen LogP contribution in [0.1, 0.15) is 23.8 Å². The second-order valence-corrected chi connectivity index (χ2v) is 8.61. The number of carbonyl (C=O) groups excluding carboxylic acids is 1. The summed E-state index contributed by atoms with van der Waals surface area (Å²) in [6.45, 7) is 3.56. The summed E-state index contributed by atoms with van der Waals surface area (Å²) in [4.78, 5) is 12.9. The third kappa shape index (κ3) is 4.93. The van der Waals surface area contributed by atoms with Gasteiger partial charge in [0.1, 0.15) is 5.76 Å². The van der Waals surface area contributed by atoms with Crippen LogP contribution in [0.3, 0.4) is 0 Å². The highest BCUT2D eigenvalue weighted by Gasteiger charge is 2.28. The van der Waals surface area contributed by atoms with Crippen LogP contribution in [0, 0.1) is 6.92 Å². The molecule has 7 heteroatoms. The van der Waals surface area contributed by atoms with Crippen molar-refractivity contribution in [2.24, 2.45) is 0 Å². The number of hydrogen-bond donors (Lipinski definition) is 1. The lowest BCUT2D eigenvalue weighted by atomic mass is 10.1. The number of carbonyl (C=O) groups is 1. The van der Waals surface area contributed by atoms with Crippen molar-refractivity contribution in [1.29, 1.82) is 0 Å². The van der Waals surface area contributed by atoms with E-state index in [4.69, 9.17) is 4.42 Å². The van der Waals surface area contributed by atoms with Gasteiger partial charge in [0.05, 0.1) is 24.2 Å². The lowest BCUT2D eigenvalue weighted by Gasteiger charge is -2.21. The van der Waals surface area contributed by atoms with Gasteiger partial charge in [0.2, 0.25) is 15.9 Å². The number of furan rings is 1. The molecule has 3 rings (SSSR count). The number of amides is 1. The molecule has 0 aliphatic carbocycles. The highest BCUT2D eigenvalue weighted by molar-refractivity contribution is 7.89. The Kier molecular flexibility index (Phi) is 6.51. The van der Waals surface area contributed by atoms with Gasteiger partial charge < -0.3 is 9.73 Å². The summed E-state index contributed by atoms with van der Waals surface area (Å²) in [7, 11) is -3.88. The molecule has 1 aromatic heterocycles. The lowest BCUT2D eigenvalue weighted by Crippen LogP contribution is -2.37. The number of para-hydroxylation sites is 1. The molecule has 29 heavy (non-hydrogen) atoms. The van der Waals surface area contributed by atoms with Gasteiger partial charge in [0, 0.05) is 5.69 Å². The van der Waals surface area contributed by atoms with Gasteiger partial charge in [-0.05, 0) is 48.7 Å². The molecule has 3 aromatic rings. The Labute approximate surface area is 171 Å². The molecule has 0 saturated heterocycles. The molecule has 0 fully saturated rings. The molecule has 1 amide bonds. The van der Waals surface area contributed by atoms with Gasteiger partial charge in [-0.15, -0.1) is 0 Å². The van der Waals surface area contributed by atoms with Gasteiger partial charge in [0.15, 0.2) is 0 Å². The van der Waals surface area contributed by atoms with Crippen molar-refractivity contribution < 1.29 is 17.6 Å². The molecule has 2 aromatic carbocycles. The van der Waals surface area contributed by atoms with Gasteiger partial charge >= 0.3 is 0 Å². The minimum absolute atomic E-state index is 0.0357. The summed E-state index contributed by atoms with van der Waals surface area (Å²) in [5.74, 6) is 0.0579. The number of anilines is 1. The molecule has 0 radical (unpaired) electrons. The maximum Gasteiger partial charge on any atom is 0.243 e. The first-order chi connectivity index (χ1) is 13.9. The molecule has 0 aliphatic heterocycles. The fourth-order valence-corrected chi connectivity index (χ4v) is 4.47. The van der Waals surface area contributed by atoms with Crippen molar-refractivity contribution in [3.05, 3.63) is 83.8 Å². The first-order valence-electron chi connectivity index (χ1n) is 9.37. The zero-order chi connectivity index (χ0) is 20.9. The summed E-state index contributed by atoms with van der Waals surface area (Å²) in [5.41, 5.74) is 2.66. The van der Waals surface area contributed by atoms with E-state index in [2.05, 4.69) is 5.32 Å². The number of hydrogen-bond acceptors (Lipinski definition) is 4. The van der Waals surface area contributed by atoms with E-state index in [1.807, 2.05) is 32.0 Å². The van der Waals surface area contributed by atoms with Crippen LogP contribution in [-0.2, 0) is 27.8 Å². The number of nitrogens with zero attached hydrogens (tertiary/aromatic N) is 1. The Balaban J connectivity index is 1.87. The molecule has 0 bridgehead atoms. The lowest BCUT2D eigenvalue weighted by molar-refractivity contribution is -0.116. The van der Waals surface area contributed by atoms with Crippen molar-refractivity contribution in [2.75, 3.05) is 11.9 Å². The smallest absolute Gasteiger partial charge is 0.243 e. The predicted molar refractivity (Wildman–Crippen MR) is 112 cm³/mol. The average molecular weight is 413 g/mol. The molecule has 6 nitrogen and oxygen atoms in total. The number of aryl methyl sites for hydroxylation is 2. The molecular weight excluding hydrogens is 388 g/mol. The van der Waals surface area contributed by atoms with E-state index in [9.17, 15) is 13.2 Å². The summed E-state index contributed by atoms with van der Waals surface area (Å²) >= 11 is 0. The molecular formula is C22H24N2O4S. The van der Waals surface area contributed by atoms with Crippen LogP contribution in [-0.4, -0.2) is 25.2 Å². The Hall–Kier alpha value is -2.90. The molecule has 0 unspecified atom stereocenters. The summed E-state index contributed by atoms with van der Waals surface area (Å²) in [6, 6.07) is 17.2. The quantitative estimate of drug-likeness (QED) is 0.607. The van der Waals surface area contributed by atoms with E-state index in [1.165, 1.54) is 18.4 Å². The predicted octanol–water partition coefficient (Wildman–Crippen LogP) is 3.98. The first-order valence-corrected chi connectivity index (χ1v) is 10.8. The Morgan fingerprint density at radius 1 is 1.03 bits per heavy atom. The summed E-state index contributed by atoms with van der Waals surface area (Å²) < 4.78 is 32.7. The van der Waals surface area contributed by atoms with E-state index >= 15 is 0 Å². The van der Waals surface area contributed by atoms with Gasteiger partial charge in [0.25, 0.3) is 0 Å². The van der Waals surface area contributed by atoms with Crippen LogP contribution in [0.15, 0.2) is 76.2 Å². The maximum atomic E-state index is 13.1. The van der Waals surface area contributed by atoms with E-state index < -0.39 is 15.9 Å². The number of sulfonamides is 1.